The van der Waals surface area contributed by atoms with Crippen LogP contribution in [0.5, 0.6) is 0 Å². The summed E-state index contributed by atoms with van der Waals surface area (Å²) in [5.41, 5.74) is 6.43. The van der Waals surface area contributed by atoms with Crippen LogP contribution in [0.4, 0.5) is 0 Å². The molecular weight excluding hydrogens is 350 g/mol. The highest BCUT2D eigenvalue weighted by atomic mass is 32.2. The summed E-state index contributed by atoms with van der Waals surface area (Å²) < 4.78 is 25.9. The van der Waals surface area contributed by atoms with Crippen LogP contribution in [0.25, 0.3) is 0 Å². The number of piperidine rings is 1. The van der Waals surface area contributed by atoms with Gasteiger partial charge in [0.25, 0.3) is 10.1 Å². The minimum Gasteiger partial charge on any atom is -0.329 e. The lowest BCUT2D eigenvalue weighted by molar-refractivity contribution is -0.163. The van der Waals surface area contributed by atoms with E-state index in [0.717, 1.165) is 5.57 Å². The summed E-state index contributed by atoms with van der Waals surface area (Å²) in [6.07, 6.45) is 7.49. The van der Waals surface area contributed by atoms with Crippen molar-refractivity contribution in [2.75, 3.05) is 19.3 Å². The summed E-state index contributed by atoms with van der Waals surface area (Å²) in [6.45, 7) is 0.646. The maximum Gasteiger partial charge on any atom is 0.261 e. The minimum atomic E-state index is -3.67. The number of allylic oxidation sites excluding steroid dienone is 1. The number of nitrogens with zero attached hydrogens (tertiary/aromatic N) is 2. The van der Waals surface area contributed by atoms with Gasteiger partial charge in [-0.05, 0) is 12.0 Å². The quantitative estimate of drug-likeness (QED) is 0.488. The molecule has 138 valence electrons. The number of carbonyl (C=O) groups excluding carboxylic acids is 3. The largest absolute Gasteiger partial charge is 0.329 e. The first-order valence-electron chi connectivity index (χ1n) is 7.80. The average molecular weight is 371 g/mol. The molecule has 0 bridgehead atoms. The summed E-state index contributed by atoms with van der Waals surface area (Å²) in [6, 6.07) is 0. The molecule has 0 aromatic carbocycles. The number of hydrogen-bond donors (Lipinski definition) is 2. The zero-order valence-corrected chi connectivity index (χ0v) is 14.6. The molecule has 0 radical (unpaired) electrons. The highest BCUT2D eigenvalue weighted by Gasteiger charge is 2.40. The van der Waals surface area contributed by atoms with Gasteiger partial charge in [0.05, 0.1) is 18.7 Å². The van der Waals surface area contributed by atoms with E-state index < -0.39 is 10.1 Å². The van der Waals surface area contributed by atoms with Crippen LogP contribution >= 0.6 is 0 Å². The number of hydrogen-bond acceptors (Lipinski definition) is 7. The summed E-state index contributed by atoms with van der Waals surface area (Å²) in [5.74, 6) is -0.853. The normalized spacial score (nSPS) is 26.2. The average Bonchev–Trinajstić information content (AvgIpc) is 2.90. The van der Waals surface area contributed by atoms with Crippen LogP contribution in [0, 0.1) is 11.8 Å². The molecule has 1 saturated heterocycles. The number of ketones is 1. The third-order valence-electron chi connectivity index (χ3n) is 4.06. The molecule has 3 aliphatic rings. The third kappa shape index (κ3) is 4.74. The fourth-order valence-electron chi connectivity index (χ4n) is 2.96. The number of carbonyl (C=O) groups is 3. The van der Waals surface area contributed by atoms with E-state index in [9.17, 15) is 22.8 Å². The number of imide groups is 1. The van der Waals surface area contributed by atoms with E-state index in [1.165, 1.54) is 5.01 Å². The van der Waals surface area contributed by atoms with Crippen molar-refractivity contribution in [1.82, 2.24) is 10.0 Å². The molecule has 3 N–H and O–H groups in total. The summed E-state index contributed by atoms with van der Waals surface area (Å²) >= 11 is 0. The Morgan fingerprint density at radius 2 is 1.80 bits per heavy atom. The third-order valence-corrected chi connectivity index (χ3v) is 4.06. The van der Waals surface area contributed by atoms with E-state index >= 15 is 0 Å². The molecule has 0 aromatic heterocycles. The minimum absolute atomic E-state index is 0.0701. The highest BCUT2D eigenvalue weighted by molar-refractivity contribution is 7.85. The Balaban J connectivity index is 0.000000399. The van der Waals surface area contributed by atoms with Crippen molar-refractivity contribution in [1.29, 1.82) is 0 Å². The van der Waals surface area contributed by atoms with Crippen molar-refractivity contribution >= 4 is 27.7 Å². The van der Waals surface area contributed by atoms with Gasteiger partial charge in [0.2, 0.25) is 11.8 Å². The molecule has 0 saturated carbocycles. The molecule has 2 aliphatic heterocycles. The van der Waals surface area contributed by atoms with Crippen molar-refractivity contribution in [3.8, 4) is 0 Å². The van der Waals surface area contributed by atoms with Gasteiger partial charge in [0.15, 0.2) is 0 Å². The number of rotatable bonds is 2. The molecule has 1 aliphatic carbocycles. The van der Waals surface area contributed by atoms with Gasteiger partial charge in [0, 0.05) is 31.5 Å². The van der Waals surface area contributed by atoms with Gasteiger partial charge in [-0.25, -0.2) is 0 Å². The number of fused-ring (bicyclic) bond motifs is 1. The van der Waals surface area contributed by atoms with Gasteiger partial charge in [-0.1, -0.05) is 12.2 Å². The van der Waals surface area contributed by atoms with Gasteiger partial charge < -0.3 is 5.73 Å². The lowest BCUT2D eigenvalue weighted by Gasteiger charge is -2.33. The van der Waals surface area contributed by atoms with Crippen LogP contribution < -0.4 is 5.73 Å². The van der Waals surface area contributed by atoms with E-state index in [-0.39, 0.29) is 29.4 Å². The fourth-order valence-corrected chi connectivity index (χ4v) is 2.96. The SMILES string of the molecule is CS(=O)(=O)O.NCC1C=CC2=CN(N3C(=O)CCCC3=O)CC2C1=O. The predicted molar refractivity (Wildman–Crippen MR) is 88.1 cm³/mol. The first-order valence-corrected chi connectivity index (χ1v) is 9.65. The summed E-state index contributed by atoms with van der Waals surface area (Å²) in [7, 11) is -3.67. The number of nitrogens with two attached hydrogens (primary N) is 1. The van der Waals surface area contributed by atoms with Crippen LogP contribution in [0.15, 0.2) is 23.9 Å². The molecule has 2 atom stereocenters. The first-order chi connectivity index (χ1) is 11.6. The molecule has 0 spiro atoms. The van der Waals surface area contributed by atoms with Crippen LogP contribution in [-0.2, 0) is 24.5 Å². The van der Waals surface area contributed by atoms with Crippen LogP contribution in [0.1, 0.15) is 19.3 Å². The molecule has 1 fully saturated rings. The molecule has 10 heteroatoms. The second kappa shape index (κ2) is 7.46. The molecule has 2 heterocycles. The maximum atomic E-state index is 12.2. The Morgan fingerprint density at radius 3 is 2.32 bits per heavy atom. The molecule has 3 rings (SSSR count). The zero-order chi connectivity index (χ0) is 18.8. The molecule has 2 amide bonds. The maximum absolute atomic E-state index is 12.2. The van der Waals surface area contributed by atoms with Gasteiger partial charge >= 0.3 is 0 Å². The Bertz CT molecular complexity index is 718. The van der Waals surface area contributed by atoms with E-state index in [1.807, 2.05) is 6.08 Å². The summed E-state index contributed by atoms with van der Waals surface area (Å²) in [5, 5.41) is 2.78. The fraction of sp³-hybridized carbons (Fsp3) is 0.533. The second-order valence-corrected chi connectivity index (χ2v) is 7.56. The molecule has 0 aromatic rings. The van der Waals surface area contributed by atoms with Gasteiger partial charge in [0.1, 0.15) is 5.78 Å². The second-order valence-electron chi connectivity index (χ2n) is 6.09. The number of amides is 2. The molecule has 25 heavy (non-hydrogen) atoms. The van der Waals surface area contributed by atoms with Crippen molar-refractivity contribution in [2.24, 2.45) is 17.6 Å². The Morgan fingerprint density at radius 1 is 1.24 bits per heavy atom. The van der Waals surface area contributed by atoms with E-state index in [4.69, 9.17) is 10.3 Å². The summed E-state index contributed by atoms with van der Waals surface area (Å²) in [4.78, 5) is 36.1. The van der Waals surface area contributed by atoms with Crippen molar-refractivity contribution in [2.45, 2.75) is 19.3 Å². The number of Topliss-reactive ketones (excluding diaryl/α,β-unsaturated/α-hetero) is 1. The van der Waals surface area contributed by atoms with Gasteiger partial charge in [-0.15, -0.1) is 0 Å². The highest BCUT2D eigenvalue weighted by Crippen LogP contribution is 2.32. The van der Waals surface area contributed by atoms with Crippen molar-refractivity contribution in [3.63, 3.8) is 0 Å². The van der Waals surface area contributed by atoms with Crippen LogP contribution in [0.3, 0.4) is 0 Å². The first kappa shape index (κ1) is 19.3. The predicted octanol–water partition coefficient (Wildman–Crippen LogP) is -0.526. The van der Waals surface area contributed by atoms with Crippen LogP contribution in [-0.4, -0.2) is 59.9 Å². The molecule has 9 nitrogen and oxygen atoms in total. The topological polar surface area (TPSA) is 138 Å². The van der Waals surface area contributed by atoms with E-state index in [0.29, 0.717) is 38.6 Å². The van der Waals surface area contributed by atoms with Gasteiger partial charge in [-0.3, -0.25) is 23.9 Å². The lowest BCUT2D eigenvalue weighted by Crippen LogP contribution is -2.50. The van der Waals surface area contributed by atoms with Crippen molar-refractivity contribution in [3.05, 3.63) is 23.9 Å². The Hall–Kier alpha value is -2.04. The Kier molecular flexibility index (Phi) is 5.76. The van der Waals surface area contributed by atoms with Gasteiger partial charge in [-0.2, -0.15) is 13.4 Å². The van der Waals surface area contributed by atoms with E-state index in [1.54, 1.807) is 17.3 Å². The smallest absolute Gasteiger partial charge is 0.261 e. The standard InChI is InChI=1S/C14H17N3O3.CH4O3S/c15-6-9-4-5-10-7-16(8-11(10)14(9)20)17-12(18)2-1-3-13(17)19;1-5(2,3)4/h4-5,7,9,11H,1-3,6,8,15H2;1H3,(H,2,3,4). The number of hydrazine groups is 1. The zero-order valence-electron chi connectivity index (χ0n) is 13.8. The Labute approximate surface area is 145 Å². The molecular formula is C15H21N3O6S. The molecule has 2 unspecified atom stereocenters. The van der Waals surface area contributed by atoms with Crippen molar-refractivity contribution < 1.29 is 27.4 Å². The lowest BCUT2D eigenvalue weighted by atomic mass is 9.83. The monoisotopic (exact) mass is 371 g/mol. The van der Waals surface area contributed by atoms with E-state index in [2.05, 4.69) is 0 Å². The van der Waals surface area contributed by atoms with Crippen LogP contribution in [0.2, 0.25) is 0 Å².